The van der Waals surface area contributed by atoms with Gasteiger partial charge in [0.1, 0.15) is 0 Å². The lowest BCUT2D eigenvalue weighted by molar-refractivity contribution is -0.160. The van der Waals surface area contributed by atoms with Crippen LogP contribution in [0.2, 0.25) is 0 Å². The molecule has 160 valence electrons. The Morgan fingerprint density at radius 2 is 1.58 bits per heavy atom. The van der Waals surface area contributed by atoms with Crippen LogP contribution in [0.3, 0.4) is 0 Å². The normalized spacial score (nSPS) is 14.5. The molecule has 2 aromatic carbocycles. The van der Waals surface area contributed by atoms with E-state index in [0.29, 0.717) is 24.0 Å². The molecule has 0 radical (unpaired) electrons. The summed E-state index contributed by atoms with van der Waals surface area (Å²) in [5.74, 6) is -0.865. The minimum atomic E-state index is -1.03. The third-order valence-corrected chi connectivity index (χ3v) is 5.42. The first-order valence-electron chi connectivity index (χ1n) is 10.3. The van der Waals surface area contributed by atoms with Gasteiger partial charge in [-0.25, -0.2) is 4.68 Å². The van der Waals surface area contributed by atoms with Gasteiger partial charge in [-0.1, -0.05) is 42.5 Å². The number of benzene rings is 2. The highest BCUT2D eigenvalue weighted by molar-refractivity contribution is 5.85. The largest absolute Gasteiger partial charge is 0.447 e. The number of H-pyrrole nitrogens is 1. The Bertz CT molecular complexity index is 1210. The van der Waals surface area contributed by atoms with E-state index in [1.807, 2.05) is 6.07 Å². The molecule has 1 fully saturated rings. The molecule has 0 saturated carbocycles. The number of amides is 1. The SMILES string of the molecule is O=C(CCn1[nH]c(=O)c2ccccc2c1=O)O[C@@H](C(=O)N1CCCC1)c1ccccc1. The van der Waals surface area contributed by atoms with Crippen molar-refractivity contribution in [1.82, 2.24) is 14.7 Å². The lowest BCUT2D eigenvalue weighted by atomic mass is 10.1. The monoisotopic (exact) mass is 421 g/mol. The summed E-state index contributed by atoms with van der Waals surface area (Å²) in [6, 6.07) is 15.4. The van der Waals surface area contributed by atoms with Crippen molar-refractivity contribution < 1.29 is 14.3 Å². The summed E-state index contributed by atoms with van der Waals surface area (Å²) in [5.41, 5.74) is -0.199. The number of nitrogens with one attached hydrogen (secondary N) is 1. The standard InChI is InChI=1S/C23H23N3O5/c27-19(12-15-26-22(29)18-11-5-4-10-17(18)21(28)24-26)31-20(16-8-2-1-3-9-16)23(30)25-13-6-7-14-25/h1-5,8-11,20H,6-7,12-15H2,(H,24,28)/t20-/m1/s1. The zero-order chi connectivity index (χ0) is 21.8. The fourth-order valence-electron chi connectivity index (χ4n) is 3.79. The van der Waals surface area contributed by atoms with Gasteiger partial charge in [0.25, 0.3) is 17.0 Å². The highest BCUT2D eigenvalue weighted by Crippen LogP contribution is 2.23. The quantitative estimate of drug-likeness (QED) is 0.614. The maximum atomic E-state index is 12.9. The van der Waals surface area contributed by atoms with Crippen LogP contribution in [0.5, 0.6) is 0 Å². The molecule has 1 aliphatic rings. The first kappa shape index (κ1) is 20.6. The Hall–Kier alpha value is -3.68. The number of rotatable bonds is 6. The minimum absolute atomic E-state index is 0.0584. The smallest absolute Gasteiger partial charge is 0.308 e. The molecule has 1 amide bonds. The average molecular weight is 421 g/mol. The van der Waals surface area contributed by atoms with Crippen LogP contribution in [0.15, 0.2) is 64.2 Å². The number of carbonyl (C=O) groups excluding carboxylic acids is 2. The van der Waals surface area contributed by atoms with Crippen molar-refractivity contribution in [3.05, 3.63) is 80.9 Å². The predicted molar refractivity (Wildman–Crippen MR) is 115 cm³/mol. The third-order valence-electron chi connectivity index (χ3n) is 5.42. The van der Waals surface area contributed by atoms with Crippen molar-refractivity contribution in [2.24, 2.45) is 0 Å². The Labute approximate surface area is 178 Å². The molecule has 4 rings (SSSR count). The Morgan fingerprint density at radius 3 is 2.29 bits per heavy atom. The summed E-state index contributed by atoms with van der Waals surface area (Å²) in [6.45, 7) is 1.23. The number of aromatic amines is 1. The average Bonchev–Trinajstić information content (AvgIpc) is 3.34. The minimum Gasteiger partial charge on any atom is -0.447 e. The van der Waals surface area contributed by atoms with Gasteiger partial charge in [0.05, 0.1) is 23.7 Å². The summed E-state index contributed by atoms with van der Waals surface area (Å²) in [7, 11) is 0. The van der Waals surface area contributed by atoms with Gasteiger partial charge in [0.15, 0.2) is 0 Å². The van der Waals surface area contributed by atoms with Crippen LogP contribution < -0.4 is 11.1 Å². The molecule has 1 N–H and O–H groups in total. The van der Waals surface area contributed by atoms with Gasteiger partial charge in [-0.3, -0.25) is 24.3 Å². The molecule has 2 heterocycles. The second-order valence-electron chi connectivity index (χ2n) is 7.51. The number of esters is 1. The molecule has 8 nitrogen and oxygen atoms in total. The van der Waals surface area contributed by atoms with E-state index in [1.165, 1.54) is 0 Å². The number of ether oxygens (including phenoxy) is 1. The Balaban J connectivity index is 1.50. The van der Waals surface area contributed by atoms with E-state index in [0.717, 1.165) is 17.5 Å². The van der Waals surface area contributed by atoms with Gasteiger partial charge >= 0.3 is 5.97 Å². The topological polar surface area (TPSA) is 101 Å². The molecule has 8 heteroatoms. The molecular weight excluding hydrogens is 398 g/mol. The number of hydrogen-bond donors (Lipinski definition) is 1. The van der Waals surface area contributed by atoms with Crippen LogP contribution in [0, 0.1) is 0 Å². The summed E-state index contributed by atoms with van der Waals surface area (Å²) in [5, 5.41) is 3.07. The number of aromatic nitrogens is 2. The summed E-state index contributed by atoms with van der Waals surface area (Å²) in [6.07, 6.45) is 0.670. The molecule has 1 atom stereocenters. The number of carbonyl (C=O) groups is 2. The molecule has 0 bridgehead atoms. The van der Waals surface area contributed by atoms with E-state index in [2.05, 4.69) is 5.10 Å². The van der Waals surface area contributed by atoms with Gasteiger partial charge in [-0.2, -0.15) is 0 Å². The Morgan fingerprint density at radius 1 is 0.935 bits per heavy atom. The maximum Gasteiger partial charge on any atom is 0.308 e. The highest BCUT2D eigenvalue weighted by atomic mass is 16.5. The van der Waals surface area contributed by atoms with Gasteiger partial charge < -0.3 is 9.64 Å². The van der Waals surface area contributed by atoms with Crippen LogP contribution in [0.4, 0.5) is 0 Å². The molecule has 1 aliphatic heterocycles. The summed E-state index contributed by atoms with van der Waals surface area (Å²) < 4.78 is 6.66. The van der Waals surface area contributed by atoms with Crippen LogP contribution in [-0.4, -0.2) is 39.6 Å². The first-order chi connectivity index (χ1) is 15.0. The van der Waals surface area contributed by atoms with Crippen LogP contribution in [0.25, 0.3) is 10.8 Å². The van der Waals surface area contributed by atoms with Gasteiger partial charge in [-0.15, -0.1) is 0 Å². The molecule has 0 unspecified atom stereocenters. The number of aryl methyl sites for hydroxylation is 1. The number of fused-ring (bicyclic) bond motifs is 1. The van der Waals surface area contributed by atoms with Crippen LogP contribution in [0.1, 0.15) is 30.9 Å². The van der Waals surface area contributed by atoms with E-state index < -0.39 is 23.2 Å². The highest BCUT2D eigenvalue weighted by Gasteiger charge is 2.30. The van der Waals surface area contributed by atoms with E-state index in [9.17, 15) is 19.2 Å². The van der Waals surface area contributed by atoms with Gasteiger partial charge in [-0.05, 0) is 25.0 Å². The summed E-state index contributed by atoms with van der Waals surface area (Å²) >= 11 is 0. The predicted octanol–water partition coefficient (Wildman–Crippen LogP) is 1.99. The van der Waals surface area contributed by atoms with E-state index in [1.54, 1.807) is 53.4 Å². The number of hydrogen-bond acceptors (Lipinski definition) is 5. The van der Waals surface area contributed by atoms with E-state index >= 15 is 0 Å². The number of likely N-dealkylation sites (tertiary alicyclic amines) is 1. The second kappa shape index (κ2) is 8.99. The summed E-state index contributed by atoms with van der Waals surface area (Å²) in [4.78, 5) is 52.0. The fourth-order valence-corrected chi connectivity index (χ4v) is 3.79. The van der Waals surface area contributed by atoms with Crippen LogP contribution in [-0.2, 0) is 20.9 Å². The van der Waals surface area contributed by atoms with E-state index in [-0.39, 0.29) is 24.3 Å². The van der Waals surface area contributed by atoms with Gasteiger partial charge in [0.2, 0.25) is 6.10 Å². The lowest BCUT2D eigenvalue weighted by Gasteiger charge is -2.23. The van der Waals surface area contributed by atoms with Crippen molar-refractivity contribution in [3.63, 3.8) is 0 Å². The fraction of sp³-hybridized carbons (Fsp3) is 0.304. The lowest BCUT2D eigenvalue weighted by Crippen LogP contribution is -2.35. The van der Waals surface area contributed by atoms with Crippen molar-refractivity contribution in [2.75, 3.05) is 13.1 Å². The van der Waals surface area contributed by atoms with Gasteiger partial charge in [0, 0.05) is 18.7 Å². The second-order valence-corrected chi connectivity index (χ2v) is 7.51. The maximum absolute atomic E-state index is 12.9. The molecule has 1 saturated heterocycles. The molecule has 0 spiro atoms. The Kier molecular flexibility index (Phi) is 5.97. The number of nitrogens with zero attached hydrogens (tertiary/aromatic N) is 2. The van der Waals surface area contributed by atoms with E-state index in [4.69, 9.17) is 4.74 Å². The first-order valence-corrected chi connectivity index (χ1v) is 10.3. The molecular formula is C23H23N3O5. The zero-order valence-electron chi connectivity index (χ0n) is 17.0. The molecule has 1 aromatic heterocycles. The molecule has 0 aliphatic carbocycles. The van der Waals surface area contributed by atoms with Crippen molar-refractivity contribution >= 4 is 22.6 Å². The zero-order valence-corrected chi connectivity index (χ0v) is 17.0. The molecule has 31 heavy (non-hydrogen) atoms. The van der Waals surface area contributed by atoms with Crippen LogP contribution >= 0.6 is 0 Å². The van der Waals surface area contributed by atoms with Crippen molar-refractivity contribution in [1.29, 1.82) is 0 Å². The van der Waals surface area contributed by atoms with Crippen molar-refractivity contribution in [2.45, 2.75) is 31.9 Å². The molecule has 3 aromatic rings. The third kappa shape index (κ3) is 4.42. The van der Waals surface area contributed by atoms with Crippen molar-refractivity contribution in [3.8, 4) is 0 Å².